The molecular weight excluding hydrogens is 176 g/mol. The first-order valence-electron chi connectivity index (χ1n) is 5.23. The molecule has 1 aliphatic carbocycles. The van der Waals surface area contributed by atoms with Gasteiger partial charge in [0.25, 0.3) is 0 Å². The molecule has 0 saturated heterocycles. The van der Waals surface area contributed by atoms with Gasteiger partial charge in [-0.25, -0.2) is 0 Å². The molecule has 0 spiro atoms. The Morgan fingerprint density at radius 2 is 2.36 bits per heavy atom. The minimum absolute atomic E-state index is 0.0500. The Morgan fingerprint density at radius 1 is 1.64 bits per heavy atom. The van der Waals surface area contributed by atoms with E-state index in [-0.39, 0.29) is 12.0 Å². The van der Waals surface area contributed by atoms with Crippen molar-refractivity contribution in [1.29, 1.82) is 0 Å². The number of hydrogen-bond acceptors (Lipinski definition) is 2. The van der Waals surface area contributed by atoms with E-state index in [0.717, 1.165) is 12.1 Å². The van der Waals surface area contributed by atoms with Gasteiger partial charge in [-0.3, -0.25) is 4.68 Å². The average molecular weight is 194 g/mol. The summed E-state index contributed by atoms with van der Waals surface area (Å²) in [5, 5.41) is 13.8. The van der Waals surface area contributed by atoms with Crippen molar-refractivity contribution >= 4 is 0 Å². The Morgan fingerprint density at radius 3 is 2.79 bits per heavy atom. The van der Waals surface area contributed by atoms with Gasteiger partial charge >= 0.3 is 0 Å². The van der Waals surface area contributed by atoms with Crippen molar-refractivity contribution in [3.05, 3.63) is 18.0 Å². The van der Waals surface area contributed by atoms with E-state index in [2.05, 4.69) is 12.0 Å². The van der Waals surface area contributed by atoms with E-state index in [4.69, 9.17) is 0 Å². The second kappa shape index (κ2) is 3.39. The summed E-state index contributed by atoms with van der Waals surface area (Å²) in [6.07, 6.45) is 5.39. The highest BCUT2D eigenvalue weighted by molar-refractivity contribution is 5.05. The Bertz CT molecular complexity index is 317. The third-order valence-corrected chi connectivity index (χ3v) is 3.28. The molecular formula is C11H18N2O. The van der Waals surface area contributed by atoms with Gasteiger partial charge < -0.3 is 5.11 Å². The van der Waals surface area contributed by atoms with E-state index < -0.39 is 0 Å². The predicted octanol–water partition coefficient (Wildman–Crippen LogP) is 1.37. The maximum absolute atomic E-state index is 9.43. The molecule has 0 aliphatic heterocycles. The van der Waals surface area contributed by atoms with Crippen LogP contribution in [0, 0.1) is 11.3 Å². The highest BCUT2D eigenvalue weighted by atomic mass is 16.3. The van der Waals surface area contributed by atoms with Gasteiger partial charge in [0, 0.05) is 19.9 Å². The van der Waals surface area contributed by atoms with E-state index in [1.54, 1.807) is 0 Å². The van der Waals surface area contributed by atoms with Crippen LogP contribution in [0.2, 0.25) is 0 Å². The van der Waals surface area contributed by atoms with E-state index in [0.29, 0.717) is 5.92 Å². The van der Waals surface area contributed by atoms with Crippen molar-refractivity contribution in [1.82, 2.24) is 9.78 Å². The fourth-order valence-electron chi connectivity index (χ4n) is 2.08. The number of aliphatic hydroxyl groups is 1. The number of hydrogen-bond donors (Lipinski definition) is 1. The van der Waals surface area contributed by atoms with Gasteiger partial charge in [0.2, 0.25) is 0 Å². The van der Waals surface area contributed by atoms with Crippen LogP contribution in [0.15, 0.2) is 12.3 Å². The van der Waals surface area contributed by atoms with Crippen LogP contribution in [0.3, 0.4) is 0 Å². The second-order valence-electron chi connectivity index (χ2n) is 4.74. The molecule has 1 atom stereocenters. The quantitative estimate of drug-likeness (QED) is 0.786. The van der Waals surface area contributed by atoms with Crippen LogP contribution < -0.4 is 0 Å². The topological polar surface area (TPSA) is 38.0 Å². The second-order valence-corrected chi connectivity index (χ2v) is 4.74. The molecule has 1 saturated carbocycles. The summed E-state index contributed by atoms with van der Waals surface area (Å²) in [4.78, 5) is 0. The van der Waals surface area contributed by atoms with Crippen molar-refractivity contribution in [2.75, 3.05) is 6.61 Å². The Kier molecular flexibility index (Phi) is 2.35. The highest BCUT2D eigenvalue weighted by Crippen LogP contribution is 2.46. The van der Waals surface area contributed by atoms with Crippen LogP contribution in [0.4, 0.5) is 0 Å². The SMILES string of the molecule is Cn1ccc(CC(C)(CO)C2CC2)n1. The van der Waals surface area contributed by atoms with E-state index in [1.807, 2.05) is 24.0 Å². The molecule has 0 radical (unpaired) electrons. The molecule has 1 aromatic rings. The van der Waals surface area contributed by atoms with Gasteiger partial charge in [0.15, 0.2) is 0 Å². The first-order chi connectivity index (χ1) is 6.64. The van der Waals surface area contributed by atoms with Gasteiger partial charge in [-0.2, -0.15) is 5.10 Å². The van der Waals surface area contributed by atoms with Crippen LogP contribution in [0.5, 0.6) is 0 Å². The molecule has 0 bridgehead atoms. The third-order valence-electron chi connectivity index (χ3n) is 3.28. The first-order valence-corrected chi connectivity index (χ1v) is 5.23. The fraction of sp³-hybridized carbons (Fsp3) is 0.727. The summed E-state index contributed by atoms with van der Waals surface area (Å²) in [5.74, 6) is 0.703. The number of aliphatic hydroxyl groups excluding tert-OH is 1. The predicted molar refractivity (Wildman–Crippen MR) is 54.8 cm³/mol. The molecule has 1 aromatic heterocycles. The van der Waals surface area contributed by atoms with E-state index in [9.17, 15) is 5.11 Å². The van der Waals surface area contributed by atoms with Gasteiger partial charge in [0.1, 0.15) is 0 Å². The number of rotatable bonds is 4. The molecule has 1 unspecified atom stereocenters. The lowest BCUT2D eigenvalue weighted by molar-refractivity contribution is 0.118. The lowest BCUT2D eigenvalue weighted by atomic mass is 9.81. The molecule has 1 N–H and O–H groups in total. The van der Waals surface area contributed by atoms with Crippen LogP contribution in [0.1, 0.15) is 25.5 Å². The largest absolute Gasteiger partial charge is 0.396 e. The Hall–Kier alpha value is -0.830. The Labute approximate surface area is 84.7 Å². The highest BCUT2D eigenvalue weighted by Gasteiger charge is 2.41. The summed E-state index contributed by atoms with van der Waals surface area (Å²) in [7, 11) is 1.93. The summed E-state index contributed by atoms with van der Waals surface area (Å²) in [6, 6.07) is 2.04. The zero-order valence-electron chi connectivity index (χ0n) is 8.90. The first kappa shape index (κ1) is 9.71. The zero-order chi connectivity index (χ0) is 10.2. The minimum Gasteiger partial charge on any atom is -0.396 e. The van der Waals surface area contributed by atoms with Crippen LogP contribution in [-0.2, 0) is 13.5 Å². The Balaban J connectivity index is 2.07. The van der Waals surface area contributed by atoms with E-state index in [1.165, 1.54) is 12.8 Å². The monoisotopic (exact) mass is 194 g/mol. The molecule has 0 amide bonds. The standard InChI is InChI=1S/C11H18N2O/c1-11(8-14,9-3-4-9)7-10-5-6-13(2)12-10/h5-6,9,14H,3-4,7-8H2,1-2H3. The van der Waals surface area contributed by atoms with Gasteiger partial charge in [0.05, 0.1) is 5.69 Å². The number of nitrogens with zero attached hydrogens (tertiary/aromatic N) is 2. The normalized spacial score (nSPS) is 20.8. The maximum atomic E-state index is 9.43. The van der Waals surface area contributed by atoms with Gasteiger partial charge in [-0.15, -0.1) is 0 Å². The molecule has 1 fully saturated rings. The molecule has 3 heteroatoms. The van der Waals surface area contributed by atoms with Crippen molar-refractivity contribution < 1.29 is 5.11 Å². The lowest BCUT2D eigenvalue weighted by Gasteiger charge is -2.26. The van der Waals surface area contributed by atoms with Gasteiger partial charge in [-0.1, -0.05) is 6.92 Å². The maximum Gasteiger partial charge on any atom is 0.0630 e. The average Bonchev–Trinajstić information content (AvgIpc) is 2.93. The number of aryl methyl sites for hydroxylation is 1. The van der Waals surface area contributed by atoms with Crippen LogP contribution in [0.25, 0.3) is 0 Å². The lowest BCUT2D eigenvalue weighted by Crippen LogP contribution is -2.27. The summed E-state index contributed by atoms with van der Waals surface area (Å²) < 4.78 is 1.82. The molecule has 1 aliphatic rings. The number of aromatic nitrogens is 2. The molecule has 78 valence electrons. The van der Waals surface area contributed by atoms with Crippen molar-refractivity contribution in [2.45, 2.75) is 26.2 Å². The molecule has 1 heterocycles. The van der Waals surface area contributed by atoms with E-state index >= 15 is 0 Å². The zero-order valence-corrected chi connectivity index (χ0v) is 8.90. The fourth-order valence-corrected chi connectivity index (χ4v) is 2.08. The molecule has 2 rings (SSSR count). The molecule has 0 aromatic carbocycles. The summed E-state index contributed by atoms with van der Waals surface area (Å²) in [6.45, 7) is 2.44. The summed E-state index contributed by atoms with van der Waals surface area (Å²) in [5.41, 5.74) is 1.14. The van der Waals surface area contributed by atoms with Crippen molar-refractivity contribution in [3.63, 3.8) is 0 Å². The van der Waals surface area contributed by atoms with Crippen molar-refractivity contribution in [3.8, 4) is 0 Å². The molecule has 14 heavy (non-hydrogen) atoms. The smallest absolute Gasteiger partial charge is 0.0630 e. The third kappa shape index (κ3) is 1.82. The van der Waals surface area contributed by atoms with Crippen LogP contribution >= 0.6 is 0 Å². The van der Waals surface area contributed by atoms with Crippen molar-refractivity contribution in [2.24, 2.45) is 18.4 Å². The summed E-state index contributed by atoms with van der Waals surface area (Å²) >= 11 is 0. The van der Waals surface area contributed by atoms with Gasteiger partial charge in [-0.05, 0) is 36.7 Å². The van der Waals surface area contributed by atoms with Crippen LogP contribution in [-0.4, -0.2) is 21.5 Å². The molecule has 3 nitrogen and oxygen atoms in total. The minimum atomic E-state index is 0.0500.